The number of aromatic nitrogens is 1. The van der Waals surface area contributed by atoms with Crippen molar-refractivity contribution in [1.82, 2.24) is 4.57 Å². The zero-order valence-electron chi connectivity index (χ0n) is 32.3. The van der Waals surface area contributed by atoms with Gasteiger partial charge in [-0.15, -0.1) is 0 Å². The lowest BCUT2D eigenvalue weighted by atomic mass is 9.99. The number of anilines is 3. The van der Waals surface area contributed by atoms with Crippen LogP contribution in [0.5, 0.6) is 0 Å². The molecule has 4 nitrogen and oxygen atoms in total. The topological polar surface area (TPSA) is 34.5 Å². The molecule has 0 aliphatic carbocycles. The molecule has 10 aromatic carbocycles. The fraction of sp³-hybridized carbons (Fsp3) is 0. The number of furan rings is 2. The van der Waals surface area contributed by atoms with E-state index in [9.17, 15) is 0 Å². The molecule has 0 aliphatic rings. The van der Waals surface area contributed by atoms with Crippen molar-refractivity contribution in [1.29, 1.82) is 0 Å². The fourth-order valence-electron chi connectivity index (χ4n) is 9.59. The second-order valence-electron chi connectivity index (χ2n) is 15.7. The summed E-state index contributed by atoms with van der Waals surface area (Å²) in [5, 5.41) is 11.8. The van der Waals surface area contributed by atoms with E-state index >= 15 is 0 Å². The number of hydrogen-bond donors (Lipinski definition) is 0. The summed E-state index contributed by atoms with van der Waals surface area (Å²) >= 11 is 0. The Bertz CT molecular complexity index is 3840. The summed E-state index contributed by atoms with van der Waals surface area (Å²) in [7, 11) is 0. The quantitative estimate of drug-likeness (QED) is 0.175. The number of para-hydroxylation sites is 2. The molecular formula is C56H34N2O2. The van der Waals surface area contributed by atoms with Crippen LogP contribution < -0.4 is 4.90 Å². The summed E-state index contributed by atoms with van der Waals surface area (Å²) in [5.74, 6) is 0. The van der Waals surface area contributed by atoms with Crippen molar-refractivity contribution < 1.29 is 8.83 Å². The van der Waals surface area contributed by atoms with Crippen molar-refractivity contribution in [3.05, 3.63) is 206 Å². The van der Waals surface area contributed by atoms with Gasteiger partial charge in [-0.05, 0) is 100 Å². The Morgan fingerprint density at radius 2 is 0.900 bits per heavy atom. The van der Waals surface area contributed by atoms with Gasteiger partial charge in [0, 0.05) is 66.9 Å². The maximum atomic E-state index is 6.40. The molecule has 13 aromatic rings. The van der Waals surface area contributed by atoms with E-state index in [1.54, 1.807) is 0 Å². The molecule has 60 heavy (non-hydrogen) atoms. The van der Waals surface area contributed by atoms with Gasteiger partial charge in [-0.3, -0.25) is 0 Å². The van der Waals surface area contributed by atoms with Gasteiger partial charge in [0.05, 0.1) is 16.7 Å². The van der Waals surface area contributed by atoms with Gasteiger partial charge < -0.3 is 18.3 Å². The second kappa shape index (κ2) is 12.7. The normalized spacial score (nSPS) is 12.0. The molecule has 0 N–H and O–H groups in total. The van der Waals surface area contributed by atoms with E-state index in [1.165, 1.54) is 37.8 Å². The maximum Gasteiger partial charge on any atom is 0.137 e. The highest BCUT2D eigenvalue weighted by Crippen LogP contribution is 2.43. The van der Waals surface area contributed by atoms with Gasteiger partial charge in [-0.25, -0.2) is 0 Å². The molecule has 0 radical (unpaired) electrons. The van der Waals surface area contributed by atoms with Gasteiger partial charge in [0.25, 0.3) is 0 Å². The minimum absolute atomic E-state index is 0.869. The van der Waals surface area contributed by atoms with Crippen LogP contribution in [0.3, 0.4) is 0 Å². The first-order chi connectivity index (χ1) is 29.7. The van der Waals surface area contributed by atoms with E-state index in [0.29, 0.717) is 0 Å². The molecule has 4 heteroatoms. The molecule has 0 saturated carbocycles. The van der Waals surface area contributed by atoms with E-state index in [4.69, 9.17) is 8.83 Å². The molecule has 0 bridgehead atoms. The minimum Gasteiger partial charge on any atom is -0.456 e. The molecule has 0 atom stereocenters. The number of rotatable bonds is 5. The average molecular weight is 767 g/mol. The van der Waals surface area contributed by atoms with Gasteiger partial charge in [-0.2, -0.15) is 0 Å². The third-order valence-electron chi connectivity index (χ3n) is 12.4. The van der Waals surface area contributed by atoms with E-state index in [0.717, 1.165) is 83.3 Å². The van der Waals surface area contributed by atoms with Crippen molar-refractivity contribution in [3.8, 4) is 16.8 Å². The molecule has 0 fully saturated rings. The van der Waals surface area contributed by atoms with Gasteiger partial charge in [0.1, 0.15) is 22.3 Å². The predicted molar refractivity (Wildman–Crippen MR) is 250 cm³/mol. The van der Waals surface area contributed by atoms with Crippen molar-refractivity contribution in [2.45, 2.75) is 0 Å². The molecule has 3 heterocycles. The number of benzene rings is 10. The number of hydrogen-bond acceptors (Lipinski definition) is 3. The van der Waals surface area contributed by atoms with Gasteiger partial charge in [0.15, 0.2) is 0 Å². The fourth-order valence-corrected chi connectivity index (χ4v) is 9.59. The minimum atomic E-state index is 0.869. The lowest BCUT2D eigenvalue weighted by Crippen LogP contribution is -2.10. The molecule has 0 aliphatic heterocycles. The highest BCUT2D eigenvalue weighted by Gasteiger charge is 2.20. The van der Waals surface area contributed by atoms with Crippen LogP contribution in [0.1, 0.15) is 0 Å². The lowest BCUT2D eigenvalue weighted by Gasteiger charge is -2.27. The Labute approximate surface area is 344 Å². The Morgan fingerprint density at radius 1 is 0.333 bits per heavy atom. The Kier molecular flexibility index (Phi) is 6.98. The van der Waals surface area contributed by atoms with Crippen LogP contribution in [0.2, 0.25) is 0 Å². The predicted octanol–water partition coefficient (Wildman–Crippen LogP) is 16.0. The van der Waals surface area contributed by atoms with Crippen molar-refractivity contribution in [2.24, 2.45) is 0 Å². The van der Waals surface area contributed by atoms with Crippen LogP contribution in [0, 0.1) is 0 Å². The largest absolute Gasteiger partial charge is 0.456 e. The molecule has 280 valence electrons. The lowest BCUT2D eigenvalue weighted by molar-refractivity contribution is 0.668. The first kappa shape index (κ1) is 32.9. The van der Waals surface area contributed by atoms with Crippen molar-refractivity contribution in [3.63, 3.8) is 0 Å². The summed E-state index contributed by atoms with van der Waals surface area (Å²) < 4.78 is 15.2. The van der Waals surface area contributed by atoms with E-state index in [1.807, 2.05) is 24.3 Å². The molecule has 0 amide bonds. The maximum absolute atomic E-state index is 6.40. The standard InChI is InChI=1S/C56H34N2O2/c1-3-13-42-36(10-1)12-9-17-49(42)57(40-26-28-46-44-15-5-7-18-52(44)59-54(46)33-40)39-24-20-35(21-25-39)38-23-30-50-48(32-38)56-43-14-4-2-11-37(43)22-31-51(56)58(50)41-27-29-47-45-16-6-8-19-53(45)60-55(47)34-41/h1-34H. The zero-order valence-corrected chi connectivity index (χ0v) is 32.3. The number of nitrogens with zero attached hydrogens (tertiary/aromatic N) is 2. The molecule has 0 unspecified atom stereocenters. The molecular weight excluding hydrogens is 733 g/mol. The highest BCUT2D eigenvalue weighted by atomic mass is 16.3. The number of fused-ring (bicyclic) bond motifs is 12. The van der Waals surface area contributed by atoms with Crippen LogP contribution in [0.4, 0.5) is 17.1 Å². The van der Waals surface area contributed by atoms with Crippen LogP contribution in [0.25, 0.3) is 104 Å². The third-order valence-corrected chi connectivity index (χ3v) is 12.4. The molecule has 0 spiro atoms. The molecule has 0 saturated heterocycles. The third kappa shape index (κ3) is 4.91. The van der Waals surface area contributed by atoms with E-state index in [2.05, 4.69) is 191 Å². The van der Waals surface area contributed by atoms with E-state index < -0.39 is 0 Å². The molecule has 3 aromatic heterocycles. The molecule has 13 rings (SSSR count). The summed E-state index contributed by atoms with van der Waals surface area (Å²) in [5.41, 5.74) is 12.5. The van der Waals surface area contributed by atoms with Crippen LogP contribution >= 0.6 is 0 Å². The van der Waals surface area contributed by atoms with Crippen LogP contribution in [-0.4, -0.2) is 4.57 Å². The Morgan fingerprint density at radius 3 is 1.67 bits per heavy atom. The first-order valence-corrected chi connectivity index (χ1v) is 20.4. The van der Waals surface area contributed by atoms with Crippen LogP contribution in [-0.2, 0) is 0 Å². The van der Waals surface area contributed by atoms with Gasteiger partial charge in [0.2, 0.25) is 0 Å². The van der Waals surface area contributed by atoms with E-state index in [-0.39, 0.29) is 0 Å². The average Bonchev–Trinajstić information content (AvgIpc) is 3.98. The summed E-state index contributed by atoms with van der Waals surface area (Å²) in [6.45, 7) is 0. The summed E-state index contributed by atoms with van der Waals surface area (Å²) in [4.78, 5) is 2.35. The summed E-state index contributed by atoms with van der Waals surface area (Å²) in [6.07, 6.45) is 0. The van der Waals surface area contributed by atoms with Crippen molar-refractivity contribution in [2.75, 3.05) is 4.90 Å². The van der Waals surface area contributed by atoms with Crippen molar-refractivity contribution >= 4 is 104 Å². The Hall–Kier alpha value is -8.08. The van der Waals surface area contributed by atoms with Gasteiger partial charge >= 0.3 is 0 Å². The monoisotopic (exact) mass is 766 g/mol. The SMILES string of the molecule is c1ccc2c(N(c3ccc(-c4ccc5c(c4)c4c6ccccc6ccc4n5-c4ccc5c(c4)oc4ccccc45)cc3)c3ccc4c(c3)oc3ccccc34)cccc2c1. The second-order valence-corrected chi connectivity index (χ2v) is 15.7. The zero-order chi connectivity index (χ0) is 39.3. The highest BCUT2D eigenvalue weighted by molar-refractivity contribution is 6.22. The van der Waals surface area contributed by atoms with Gasteiger partial charge in [-0.1, -0.05) is 121 Å². The first-order valence-electron chi connectivity index (χ1n) is 20.4. The Balaban J connectivity index is 0.967. The summed E-state index contributed by atoms with van der Waals surface area (Å²) in [6, 6.07) is 73.9. The van der Waals surface area contributed by atoms with Crippen LogP contribution in [0.15, 0.2) is 215 Å². The smallest absolute Gasteiger partial charge is 0.137 e.